The van der Waals surface area contributed by atoms with Gasteiger partial charge in [0.25, 0.3) is 0 Å². The second kappa shape index (κ2) is 12.6. The van der Waals surface area contributed by atoms with Crippen LogP contribution < -0.4 is 15.4 Å². The molecule has 150 valence electrons. The highest BCUT2D eigenvalue weighted by Crippen LogP contribution is 2.10. The average Bonchev–Trinajstić information content (AvgIpc) is 2.94. The van der Waals surface area contributed by atoms with Gasteiger partial charge in [0.05, 0.1) is 12.2 Å². The van der Waals surface area contributed by atoms with Crippen LogP contribution in [0.2, 0.25) is 0 Å². The molecule has 2 aromatic rings. The van der Waals surface area contributed by atoms with E-state index in [2.05, 4.69) is 59.7 Å². The first-order valence-corrected chi connectivity index (χ1v) is 9.31. The highest BCUT2D eigenvalue weighted by atomic mass is 127. The van der Waals surface area contributed by atoms with Gasteiger partial charge in [-0.2, -0.15) is 5.10 Å². The molecule has 0 aliphatic rings. The van der Waals surface area contributed by atoms with Crippen LogP contribution >= 0.6 is 24.0 Å². The van der Waals surface area contributed by atoms with Gasteiger partial charge >= 0.3 is 0 Å². The van der Waals surface area contributed by atoms with Crippen LogP contribution in [0, 0.1) is 20.8 Å². The maximum atomic E-state index is 5.73. The zero-order valence-electron chi connectivity index (χ0n) is 16.8. The van der Waals surface area contributed by atoms with Crippen molar-refractivity contribution < 1.29 is 4.74 Å². The number of nitrogens with zero attached hydrogens (tertiary/aromatic N) is 3. The number of rotatable bonds is 9. The number of benzene rings is 1. The molecule has 0 saturated carbocycles. The predicted molar refractivity (Wildman–Crippen MR) is 122 cm³/mol. The van der Waals surface area contributed by atoms with Crippen molar-refractivity contribution in [3.63, 3.8) is 0 Å². The van der Waals surface area contributed by atoms with E-state index in [4.69, 9.17) is 4.74 Å². The van der Waals surface area contributed by atoms with Crippen molar-refractivity contribution >= 4 is 29.9 Å². The van der Waals surface area contributed by atoms with E-state index >= 15 is 0 Å². The molecule has 1 aromatic heterocycles. The number of halogens is 1. The molecule has 1 aromatic carbocycles. The number of aryl methyl sites for hydroxylation is 4. The lowest BCUT2D eigenvalue weighted by atomic mass is 10.2. The van der Waals surface area contributed by atoms with E-state index in [0.29, 0.717) is 13.2 Å². The Morgan fingerprint density at radius 1 is 1.15 bits per heavy atom. The van der Waals surface area contributed by atoms with Gasteiger partial charge in [-0.15, -0.1) is 24.0 Å². The van der Waals surface area contributed by atoms with Crippen LogP contribution in [0.4, 0.5) is 0 Å². The van der Waals surface area contributed by atoms with Gasteiger partial charge in [0.15, 0.2) is 5.96 Å². The average molecular weight is 485 g/mol. The van der Waals surface area contributed by atoms with E-state index < -0.39 is 0 Å². The monoisotopic (exact) mass is 485 g/mol. The first-order chi connectivity index (χ1) is 12.6. The largest absolute Gasteiger partial charge is 0.492 e. The third-order valence-corrected chi connectivity index (χ3v) is 3.93. The van der Waals surface area contributed by atoms with Crippen molar-refractivity contribution in [2.24, 2.45) is 4.99 Å². The topological polar surface area (TPSA) is 63.5 Å². The molecule has 0 amide bonds. The Labute approximate surface area is 179 Å². The summed E-state index contributed by atoms with van der Waals surface area (Å²) >= 11 is 0. The Kier molecular flexibility index (Phi) is 10.8. The molecular formula is C20H32IN5O. The van der Waals surface area contributed by atoms with Gasteiger partial charge < -0.3 is 15.4 Å². The van der Waals surface area contributed by atoms with E-state index in [-0.39, 0.29) is 24.0 Å². The predicted octanol–water partition coefficient (Wildman–Crippen LogP) is 3.45. The molecule has 0 aliphatic heterocycles. The smallest absolute Gasteiger partial charge is 0.191 e. The van der Waals surface area contributed by atoms with Crippen molar-refractivity contribution in [3.8, 4) is 5.75 Å². The molecule has 2 rings (SSSR count). The summed E-state index contributed by atoms with van der Waals surface area (Å²) in [6, 6.07) is 10.2. The van der Waals surface area contributed by atoms with Gasteiger partial charge in [-0.3, -0.25) is 9.67 Å². The number of hydrogen-bond acceptors (Lipinski definition) is 3. The minimum Gasteiger partial charge on any atom is -0.492 e. The molecule has 0 atom stereocenters. The summed E-state index contributed by atoms with van der Waals surface area (Å²) in [4.78, 5) is 4.62. The Morgan fingerprint density at radius 2 is 1.89 bits per heavy atom. The van der Waals surface area contributed by atoms with Gasteiger partial charge in [0, 0.05) is 25.3 Å². The zero-order valence-corrected chi connectivity index (χ0v) is 19.1. The summed E-state index contributed by atoms with van der Waals surface area (Å²) in [5.74, 6) is 1.72. The Bertz CT molecular complexity index is 697. The molecule has 6 nitrogen and oxygen atoms in total. The molecule has 0 bridgehead atoms. The van der Waals surface area contributed by atoms with Crippen LogP contribution in [0.1, 0.15) is 30.3 Å². The maximum absolute atomic E-state index is 5.73. The van der Waals surface area contributed by atoms with Gasteiger partial charge in [-0.05, 0) is 52.3 Å². The molecule has 0 spiro atoms. The molecule has 0 unspecified atom stereocenters. The summed E-state index contributed by atoms with van der Waals surface area (Å²) in [7, 11) is 0. The highest BCUT2D eigenvalue weighted by Gasteiger charge is 2.01. The van der Waals surface area contributed by atoms with E-state index in [1.54, 1.807) is 0 Å². The molecular weight excluding hydrogens is 453 g/mol. The normalized spacial score (nSPS) is 11.0. The van der Waals surface area contributed by atoms with Crippen molar-refractivity contribution in [3.05, 3.63) is 47.3 Å². The fourth-order valence-corrected chi connectivity index (χ4v) is 2.63. The Morgan fingerprint density at radius 3 is 2.52 bits per heavy atom. The Balaban J connectivity index is 0.00000364. The fraction of sp³-hybridized carbons (Fsp3) is 0.500. The molecule has 0 fully saturated rings. The van der Waals surface area contributed by atoms with Crippen LogP contribution in [0.5, 0.6) is 5.75 Å². The lowest BCUT2D eigenvalue weighted by Gasteiger charge is -2.12. The van der Waals surface area contributed by atoms with Crippen molar-refractivity contribution in [2.75, 3.05) is 26.2 Å². The summed E-state index contributed by atoms with van der Waals surface area (Å²) in [5.41, 5.74) is 3.50. The second-order valence-corrected chi connectivity index (χ2v) is 6.35. The maximum Gasteiger partial charge on any atom is 0.191 e. The Hall–Kier alpha value is -1.77. The third-order valence-electron chi connectivity index (χ3n) is 3.93. The van der Waals surface area contributed by atoms with Crippen LogP contribution in [-0.4, -0.2) is 42.0 Å². The fourth-order valence-electron chi connectivity index (χ4n) is 2.63. The first kappa shape index (κ1) is 23.3. The number of aromatic nitrogens is 2. The molecule has 1 heterocycles. The number of hydrogen-bond donors (Lipinski definition) is 2. The van der Waals surface area contributed by atoms with E-state index in [0.717, 1.165) is 43.5 Å². The van der Waals surface area contributed by atoms with Crippen LogP contribution in [-0.2, 0) is 6.54 Å². The van der Waals surface area contributed by atoms with E-state index in [1.807, 2.05) is 23.7 Å². The van der Waals surface area contributed by atoms with Gasteiger partial charge in [-0.25, -0.2) is 0 Å². The quantitative estimate of drug-likeness (QED) is 0.247. The molecule has 0 radical (unpaired) electrons. The molecule has 27 heavy (non-hydrogen) atoms. The SMILES string of the molecule is CCNC(=NCCCn1nc(C)cc1C)NCCOc1ccc(C)cc1.I. The number of nitrogens with one attached hydrogen (secondary N) is 2. The molecule has 0 aliphatic carbocycles. The van der Waals surface area contributed by atoms with Gasteiger partial charge in [-0.1, -0.05) is 17.7 Å². The van der Waals surface area contributed by atoms with Crippen molar-refractivity contribution in [1.82, 2.24) is 20.4 Å². The van der Waals surface area contributed by atoms with Gasteiger partial charge in [0.1, 0.15) is 12.4 Å². The zero-order chi connectivity index (χ0) is 18.8. The van der Waals surface area contributed by atoms with E-state index in [1.165, 1.54) is 11.3 Å². The minimum atomic E-state index is 0. The molecule has 2 N–H and O–H groups in total. The highest BCUT2D eigenvalue weighted by molar-refractivity contribution is 14.0. The summed E-state index contributed by atoms with van der Waals surface area (Å²) in [6.07, 6.45) is 0.957. The lowest BCUT2D eigenvalue weighted by Crippen LogP contribution is -2.39. The van der Waals surface area contributed by atoms with E-state index in [9.17, 15) is 0 Å². The van der Waals surface area contributed by atoms with Crippen LogP contribution in [0.3, 0.4) is 0 Å². The van der Waals surface area contributed by atoms with Crippen molar-refractivity contribution in [1.29, 1.82) is 0 Å². The molecule has 0 saturated heterocycles. The minimum absolute atomic E-state index is 0. The van der Waals surface area contributed by atoms with Crippen molar-refractivity contribution in [2.45, 2.75) is 40.7 Å². The standard InChI is InChI=1S/C20H31N5O.HI/c1-5-21-20(22-11-6-13-25-18(4)15-17(3)24-25)23-12-14-26-19-9-7-16(2)8-10-19;/h7-10,15H,5-6,11-14H2,1-4H3,(H2,21,22,23);1H. The summed E-state index contributed by atoms with van der Waals surface area (Å²) in [6.45, 7) is 12.0. The lowest BCUT2D eigenvalue weighted by molar-refractivity contribution is 0.322. The summed E-state index contributed by atoms with van der Waals surface area (Å²) < 4.78 is 7.77. The van der Waals surface area contributed by atoms with Gasteiger partial charge in [0.2, 0.25) is 0 Å². The van der Waals surface area contributed by atoms with Crippen LogP contribution in [0.15, 0.2) is 35.3 Å². The van der Waals surface area contributed by atoms with Crippen LogP contribution in [0.25, 0.3) is 0 Å². The second-order valence-electron chi connectivity index (χ2n) is 6.35. The first-order valence-electron chi connectivity index (χ1n) is 9.31. The summed E-state index contributed by atoms with van der Waals surface area (Å²) in [5, 5.41) is 11.1. The third kappa shape index (κ3) is 8.64. The molecule has 7 heteroatoms. The number of ether oxygens (including phenoxy) is 1. The number of aliphatic imine (C=N–C) groups is 1. The number of guanidine groups is 1.